The molecule has 1 saturated heterocycles. The van der Waals surface area contributed by atoms with Crippen molar-refractivity contribution in [3.8, 4) is 22.3 Å². The van der Waals surface area contributed by atoms with Crippen molar-refractivity contribution in [3.05, 3.63) is 148 Å². The number of hydrogen-bond acceptors (Lipinski definition) is 1. The number of rotatable bonds is 11. The smallest absolute Gasteiger partial charge is 0.0559 e. The summed E-state index contributed by atoms with van der Waals surface area (Å²) < 4.78 is 0. The molecule has 0 aromatic heterocycles. The molecular formula is C53H67OP. The Morgan fingerprint density at radius 2 is 0.764 bits per heavy atom. The number of hydrogen-bond donors (Lipinski definition) is 1. The Morgan fingerprint density at radius 1 is 0.436 bits per heavy atom. The highest BCUT2D eigenvalue weighted by Crippen LogP contribution is 2.69. The highest BCUT2D eigenvalue weighted by atomic mass is 31.1. The fourth-order valence-electron chi connectivity index (χ4n) is 9.07. The lowest BCUT2D eigenvalue weighted by Crippen LogP contribution is -2.28. The van der Waals surface area contributed by atoms with Gasteiger partial charge in [0.15, 0.2) is 0 Å². The lowest BCUT2D eigenvalue weighted by Gasteiger charge is -2.44. The zero-order valence-electron chi connectivity index (χ0n) is 35.8. The molecule has 2 heteroatoms. The summed E-state index contributed by atoms with van der Waals surface area (Å²) in [7, 11) is -0.889. The Morgan fingerprint density at radius 3 is 1.05 bits per heavy atom. The highest BCUT2D eigenvalue weighted by Gasteiger charge is 2.42. The first-order valence-electron chi connectivity index (χ1n) is 21.2. The zero-order valence-corrected chi connectivity index (χ0v) is 36.7. The molecule has 5 aromatic carbocycles. The van der Waals surface area contributed by atoms with Crippen LogP contribution < -0.4 is 5.30 Å². The van der Waals surface area contributed by atoms with Crippen molar-refractivity contribution >= 4 is 13.2 Å². The summed E-state index contributed by atoms with van der Waals surface area (Å²) in [6.07, 6.45) is 1.18. The first-order chi connectivity index (χ1) is 26.2. The predicted octanol–water partition coefficient (Wildman–Crippen LogP) is 15.5. The van der Waals surface area contributed by atoms with Crippen molar-refractivity contribution < 1.29 is 5.11 Å². The van der Waals surface area contributed by atoms with Crippen LogP contribution in [0.25, 0.3) is 22.3 Å². The molecule has 0 saturated carbocycles. The van der Waals surface area contributed by atoms with E-state index in [1.54, 1.807) is 0 Å². The van der Waals surface area contributed by atoms with Gasteiger partial charge >= 0.3 is 0 Å². The number of aliphatic hydroxyl groups is 1. The fourth-order valence-corrected chi connectivity index (χ4v) is 13.0. The SMILES string of the molecule is CC(C)c1cc(C(C)C)c(-c2cccc(-c3c(C(C)C)cc(C(C)C)cc3C(C)C)c2P2C(c3ccccc3)CC(O)CC2c2ccccc2)c(C(C)C)c1. The van der Waals surface area contributed by atoms with Crippen LogP contribution in [0.1, 0.15) is 187 Å². The number of aliphatic hydroxyl groups excluding tert-OH is 1. The van der Waals surface area contributed by atoms with Crippen molar-refractivity contribution in [2.24, 2.45) is 0 Å². The summed E-state index contributed by atoms with van der Waals surface area (Å²) in [6.45, 7) is 28.4. The van der Waals surface area contributed by atoms with E-state index >= 15 is 0 Å². The summed E-state index contributed by atoms with van der Waals surface area (Å²) in [5.74, 6) is 2.35. The maximum absolute atomic E-state index is 11.9. The van der Waals surface area contributed by atoms with Crippen LogP contribution in [0.2, 0.25) is 0 Å². The van der Waals surface area contributed by atoms with Crippen molar-refractivity contribution in [3.63, 3.8) is 0 Å². The molecule has 1 N–H and O–H groups in total. The van der Waals surface area contributed by atoms with Gasteiger partial charge in [-0.15, -0.1) is 0 Å². The van der Waals surface area contributed by atoms with Crippen molar-refractivity contribution in [1.82, 2.24) is 0 Å². The molecular weight excluding hydrogens is 684 g/mol. The Hall–Kier alpha value is -3.51. The van der Waals surface area contributed by atoms with Crippen LogP contribution in [0.5, 0.6) is 0 Å². The van der Waals surface area contributed by atoms with Crippen molar-refractivity contribution in [2.75, 3.05) is 0 Å². The molecule has 1 heterocycles. The van der Waals surface area contributed by atoms with E-state index in [2.05, 4.69) is 186 Å². The molecule has 1 nitrogen and oxygen atoms in total. The average Bonchev–Trinajstić information content (AvgIpc) is 3.16. The molecule has 2 unspecified atom stereocenters. The van der Waals surface area contributed by atoms with Crippen LogP contribution >= 0.6 is 7.92 Å². The lowest BCUT2D eigenvalue weighted by atomic mass is 9.79. The van der Waals surface area contributed by atoms with Gasteiger partial charge in [0.05, 0.1) is 6.10 Å². The van der Waals surface area contributed by atoms with E-state index in [0.717, 1.165) is 12.8 Å². The van der Waals surface area contributed by atoms with Crippen LogP contribution in [0.15, 0.2) is 103 Å². The molecule has 1 fully saturated rings. The largest absolute Gasteiger partial charge is 0.393 e. The van der Waals surface area contributed by atoms with E-state index in [1.165, 1.54) is 72.1 Å². The average molecular weight is 751 g/mol. The molecule has 55 heavy (non-hydrogen) atoms. The Labute approximate surface area is 335 Å². The second-order valence-electron chi connectivity index (χ2n) is 18.2. The molecule has 1 aliphatic rings. The second-order valence-corrected chi connectivity index (χ2v) is 20.7. The maximum atomic E-state index is 11.9. The van der Waals surface area contributed by atoms with Crippen LogP contribution in [-0.4, -0.2) is 11.2 Å². The summed E-state index contributed by atoms with van der Waals surface area (Å²) >= 11 is 0. The van der Waals surface area contributed by atoms with Gasteiger partial charge in [-0.05, 0) is 120 Å². The molecule has 290 valence electrons. The molecule has 0 spiro atoms. The minimum absolute atomic E-state index is 0.199. The molecule has 0 bridgehead atoms. The van der Waals surface area contributed by atoms with Gasteiger partial charge in [0.2, 0.25) is 0 Å². The Balaban J connectivity index is 1.85. The normalized spacial score (nSPS) is 19.1. The van der Waals surface area contributed by atoms with Gasteiger partial charge in [0.1, 0.15) is 0 Å². The molecule has 1 aliphatic heterocycles. The van der Waals surface area contributed by atoms with Gasteiger partial charge in [-0.2, -0.15) is 0 Å². The molecule has 6 rings (SSSR count). The first-order valence-corrected chi connectivity index (χ1v) is 22.7. The first kappa shape index (κ1) is 41.1. The van der Waals surface area contributed by atoms with Gasteiger partial charge in [0, 0.05) is 11.3 Å². The summed E-state index contributed by atoms with van der Waals surface area (Å²) in [4.78, 5) is 0. The monoisotopic (exact) mass is 750 g/mol. The molecule has 0 amide bonds. The van der Waals surface area contributed by atoms with E-state index in [0.29, 0.717) is 35.5 Å². The van der Waals surface area contributed by atoms with E-state index in [9.17, 15) is 5.11 Å². The quantitative estimate of drug-likeness (QED) is 0.133. The van der Waals surface area contributed by atoms with Gasteiger partial charge in [0.25, 0.3) is 0 Å². The standard InChI is InChI=1S/C53H67OP/c1-32(2)40-26-45(34(5)6)51(46(27-40)35(7)8)43-24-19-25-44(52-47(36(9)10)28-41(33(3)4)29-48(52)37(11)12)53(43)55-49(38-20-15-13-16-21-38)30-42(54)31-50(55)39-22-17-14-18-23-39/h13-29,32-37,42,49-50,54H,30-31H2,1-12H3. The van der Waals surface area contributed by atoms with Crippen LogP contribution in [0.4, 0.5) is 0 Å². The lowest BCUT2D eigenvalue weighted by molar-refractivity contribution is 0.146. The topological polar surface area (TPSA) is 20.2 Å². The third-order valence-corrected chi connectivity index (χ3v) is 15.5. The van der Waals surface area contributed by atoms with Gasteiger partial charge < -0.3 is 5.11 Å². The van der Waals surface area contributed by atoms with Gasteiger partial charge in [-0.25, -0.2) is 0 Å². The summed E-state index contributed by atoms with van der Waals surface area (Å²) in [6, 6.07) is 39.8. The molecule has 0 aliphatic carbocycles. The third kappa shape index (κ3) is 8.46. The van der Waals surface area contributed by atoms with E-state index < -0.39 is 7.92 Å². The van der Waals surface area contributed by atoms with E-state index in [4.69, 9.17) is 0 Å². The fraction of sp³-hybridized carbons (Fsp3) is 0.434. The van der Waals surface area contributed by atoms with Crippen molar-refractivity contribution in [1.29, 1.82) is 0 Å². The Kier molecular flexibility index (Phi) is 13.0. The minimum Gasteiger partial charge on any atom is -0.393 e. The third-order valence-electron chi connectivity index (χ3n) is 12.1. The predicted molar refractivity (Wildman–Crippen MR) is 242 cm³/mol. The maximum Gasteiger partial charge on any atom is 0.0559 e. The van der Waals surface area contributed by atoms with Crippen LogP contribution in [0.3, 0.4) is 0 Å². The van der Waals surface area contributed by atoms with Crippen LogP contribution in [-0.2, 0) is 0 Å². The summed E-state index contributed by atoms with van der Waals surface area (Å²) in [5, 5.41) is 13.4. The zero-order chi connectivity index (χ0) is 39.7. The van der Waals surface area contributed by atoms with Gasteiger partial charge in [-0.1, -0.05) is 194 Å². The Bertz CT molecular complexity index is 1850. The second kappa shape index (κ2) is 17.3. The van der Waals surface area contributed by atoms with Gasteiger partial charge in [-0.3, -0.25) is 0 Å². The minimum atomic E-state index is -0.889. The molecule has 2 atom stereocenters. The number of benzene rings is 5. The van der Waals surface area contributed by atoms with Crippen LogP contribution in [0, 0.1) is 0 Å². The van der Waals surface area contributed by atoms with E-state index in [1.807, 2.05) is 0 Å². The molecule has 0 radical (unpaired) electrons. The summed E-state index contributed by atoms with van der Waals surface area (Å²) in [5.41, 5.74) is 17.5. The van der Waals surface area contributed by atoms with Crippen molar-refractivity contribution in [2.45, 2.75) is 149 Å². The van der Waals surface area contributed by atoms with E-state index in [-0.39, 0.29) is 17.4 Å². The highest BCUT2D eigenvalue weighted by molar-refractivity contribution is 7.67. The molecule has 5 aromatic rings.